The van der Waals surface area contributed by atoms with Crippen molar-refractivity contribution in [1.29, 1.82) is 0 Å². The molecule has 2 saturated heterocycles. The van der Waals surface area contributed by atoms with E-state index in [1.165, 1.54) is 28.6 Å². The zero-order valence-electron chi connectivity index (χ0n) is 17.6. The van der Waals surface area contributed by atoms with Crippen molar-refractivity contribution in [3.05, 3.63) is 65.7 Å². The van der Waals surface area contributed by atoms with Gasteiger partial charge in [0.25, 0.3) is 5.91 Å². The zero-order chi connectivity index (χ0) is 22.8. The highest BCUT2D eigenvalue weighted by molar-refractivity contribution is 7.91. The molecule has 2 aliphatic heterocycles. The Kier molecular flexibility index (Phi) is 6.66. The Bertz CT molecular complexity index is 1160. The van der Waals surface area contributed by atoms with Crippen LogP contribution < -0.4 is 0 Å². The van der Waals surface area contributed by atoms with Gasteiger partial charge in [-0.1, -0.05) is 30.3 Å². The van der Waals surface area contributed by atoms with Crippen LogP contribution >= 0.6 is 0 Å². The number of carbonyl (C=O) groups excluding carboxylic acids is 1. The van der Waals surface area contributed by atoms with Gasteiger partial charge < -0.3 is 9.64 Å². The van der Waals surface area contributed by atoms with E-state index < -0.39 is 25.9 Å². The number of amides is 1. The van der Waals surface area contributed by atoms with Crippen molar-refractivity contribution in [2.75, 3.05) is 37.8 Å². The Hall–Kier alpha value is -2.27. The number of carbonyl (C=O) groups is 1. The molecule has 32 heavy (non-hydrogen) atoms. The molecule has 2 aromatic rings. The highest BCUT2D eigenvalue weighted by atomic mass is 32.2. The number of morpholine rings is 1. The number of nitrogens with zero attached hydrogens (tertiary/aromatic N) is 2. The van der Waals surface area contributed by atoms with Gasteiger partial charge in [0.05, 0.1) is 29.6 Å². The highest BCUT2D eigenvalue weighted by Crippen LogP contribution is 2.24. The molecule has 8 nitrogen and oxygen atoms in total. The van der Waals surface area contributed by atoms with Crippen LogP contribution in [0.2, 0.25) is 0 Å². The third-order valence-electron chi connectivity index (χ3n) is 5.81. The molecule has 0 aromatic heterocycles. The van der Waals surface area contributed by atoms with E-state index in [1.54, 1.807) is 4.90 Å². The summed E-state index contributed by atoms with van der Waals surface area (Å²) >= 11 is 0. The maximum atomic E-state index is 13.4. The molecule has 0 N–H and O–H groups in total. The SMILES string of the molecule is O=C(c1ccc(S(=O)(=O)N2CCOCC2)cc1)N(Cc1ccccc1)C1CCS(=O)(=O)C1. The smallest absolute Gasteiger partial charge is 0.254 e. The summed E-state index contributed by atoms with van der Waals surface area (Å²) in [7, 11) is -6.83. The number of sulfonamides is 1. The average Bonchev–Trinajstić information content (AvgIpc) is 3.17. The van der Waals surface area contributed by atoms with Crippen molar-refractivity contribution in [1.82, 2.24) is 9.21 Å². The van der Waals surface area contributed by atoms with Crippen molar-refractivity contribution in [2.45, 2.75) is 23.9 Å². The summed E-state index contributed by atoms with van der Waals surface area (Å²) in [6.45, 7) is 1.59. The molecule has 0 aliphatic carbocycles. The van der Waals surface area contributed by atoms with Crippen LogP contribution in [0.5, 0.6) is 0 Å². The van der Waals surface area contributed by atoms with E-state index in [4.69, 9.17) is 4.74 Å². The molecular weight excluding hydrogens is 452 g/mol. The normalized spacial score (nSPS) is 21.3. The number of sulfone groups is 1. The van der Waals surface area contributed by atoms with E-state index in [0.29, 0.717) is 38.3 Å². The predicted octanol–water partition coefficient (Wildman–Crippen LogP) is 1.54. The minimum atomic E-state index is -3.66. The number of ether oxygens (including phenoxy) is 1. The molecule has 1 amide bonds. The van der Waals surface area contributed by atoms with E-state index in [1.807, 2.05) is 30.3 Å². The topological polar surface area (TPSA) is 101 Å². The number of benzene rings is 2. The van der Waals surface area contributed by atoms with Crippen LogP contribution in [0.1, 0.15) is 22.3 Å². The molecule has 1 unspecified atom stereocenters. The second kappa shape index (κ2) is 9.30. The molecule has 0 bridgehead atoms. The minimum Gasteiger partial charge on any atom is -0.379 e. The Balaban J connectivity index is 1.57. The Morgan fingerprint density at radius 2 is 1.69 bits per heavy atom. The first-order valence-electron chi connectivity index (χ1n) is 10.5. The number of hydrogen-bond donors (Lipinski definition) is 0. The van der Waals surface area contributed by atoms with Gasteiger partial charge in [0, 0.05) is 31.2 Å². The molecule has 10 heteroatoms. The van der Waals surface area contributed by atoms with Crippen molar-refractivity contribution < 1.29 is 26.4 Å². The molecule has 172 valence electrons. The minimum absolute atomic E-state index is 0.0604. The third kappa shape index (κ3) is 5.03. The van der Waals surface area contributed by atoms with Crippen LogP contribution in [0.15, 0.2) is 59.5 Å². The van der Waals surface area contributed by atoms with Gasteiger partial charge in [0.2, 0.25) is 10.0 Å². The average molecular weight is 479 g/mol. The van der Waals surface area contributed by atoms with Crippen LogP contribution in [-0.4, -0.2) is 75.8 Å². The largest absolute Gasteiger partial charge is 0.379 e. The van der Waals surface area contributed by atoms with E-state index >= 15 is 0 Å². The molecule has 2 heterocycles. The Morgan fingerprint density at radius 1 is 1.03 bits per heavy atom. The van der Waals surface area contributed by atoms with Gasteiger partial charge in [-0.3, -0.25) is 4.79 Å². The fourth-order valence-electron chi connectivity index (χ4n) is 4.04. The highest BCUT2D eigenvalue weighted by Gasteiger charge is 2.35. The van der Waals surface area contributed by atoms with Gasteiger partial charge in [0.1, 0.15) is 0 Å². The van der Waals surface area contributed by atoms with Crippen LogP contribution in [0.4, 0.5) is 0 Å². The van der Waals surface area contributed by atoms with E-state index in [9.17, 15) is 21.6 Å². The van der Waals surface area contributed by atoms with Gasteiger partial charge in [-0.15, -0.1) is 0 Å². The lowest BCUT2D eigenvalue weighted by Crippen LogP contribution is -2.41. The van der Waals surface area contributed by atoms with Gasteiger partial charge in [-0.2, -0.15) is 4.31 Å². The summed E-state index contributed by atoms with van der Waals surface area (Å²) in [6.07, 6.45) is 0.393. The Labute approximate surface area is 188 Å². The van der Waals surface area contributed by atoms with Gasteiger partial charge >= 0.3 is 0 Å². The van der Waals surface area contributed by atoms with Crippen molar-refractivity contribution in [3.8, 4) is 0 Å². The first kappa shape index (κ1) is 22.9. The molecule has 2 fully saturated rings. The predicted molar refractivity (Wildman–Crippen MR) is 119 cm³/mol. The van der Waals surface area contributed by atoms with Gasteiger partial charge in [0.15, 0.2) is 9.84 Å². The van der Waals surface area contributed by atoms with Crippen LogP contribution in [0, 0.1) is 0 Å². The summed E-state index contributed by atoms with van der Waals surface area (Å²) in [5.74, 6) is -0.312. The fraction of sp³-hybridized carbons (Fsp3) is 0.409. The van der Waals surface area contributed by atoms with E-state index in [-0.39, 0.29) is 28.9 Å². The summed E-state index contributed by atoms with van der Waals surface area (Å²) in [6, 6.07) is 14.8. The third-order valence-corrected chi connectivity index (χ3v) is 9.48. The molecule has 2 aromatic carbocycles. The van der Waals surface area contributed by atoms with Crippen LogP contribution in [0.25, 0.3) is 0 Å². The van der Waals surface area contributed by atoms with Gasteiger partial charge in [-0.25, -0.2) is 16.8 Å². The second-order valence-corrected chi connectivity index (χ2v) is 12.2. The van der Waals surface area contributed by atoms with E-state index in [0.717, 1.165) is 5.56 Å². The van der Waals surface area contributed by atoms with Crippen LogP contribution in [0.3, 0.4) is 0 Å². The lowest BCUT2D eigenvalue weighted by atomic mass is 10.1. The standard InChI is InChI=1S/C22H26N2O6S2/c25-22(19-6-8-21(9-7-19)32(28,29)23-11-13-30-14-12-23)24(16-18-4-2-1-3-5-18)20-10-15-31(26,27)17-20/h1-9,20H,10-17H2. The lowest BCUT2D eigenvalue weighted by Gasteiger charge is -2.29. The number of hydrogen-bond acceptors (Lipinski definition) is 6. The second-order valence-electron chi connectivity index (χ2n) is 8.02. The summed E-state index contributed by atoms with van der Waals surface area (Å²) in [4.78, 5) is 15.1. The molecular formula is C22H26N2O6S2. The molecule has 2 aliphatic rings. The summed E-state index contributed by atoms with van der Waals surface area (Å²) in [5.41, 5.74) is 1.22. The van der Waals surface area contributed by atoms with E-state index in [2.05, 4.69) is 0 Å². The van der Waals surface area contributed by atoms with Crippen molar-refractivity contribution in [3.63, 3.8) is 0 Å². The van der Waals surface area contributed by atoms with Gasteiger partial charge in [-0.05, 0) is 36.2 Å². The molecule has 0 saturated carbocycles. The molecule has 1 atom stereocenters. The first-order chi connectivity index (χ1) is 15.3. The quantitative estimate of drug-likeness (QED) is 0.624. The maximum Gasteiger partial charge on any atom is 0.254 e. The molecule has 4 rings (SSSR count). The fourth-order valence-corrected chi connectivity index (χ4v) is 7.18. The Morgan fingerprint density at radius 3 is 2.28 bits per heavy atom. The number of rotatable bonds is 6. The maximum absolute atomic E-state index is 13.4. The summed E-state index contributed by atoms with van der Waals surface area (Å²) in [5, 5.41) is 0. The summed E-state index contributed by atoms with van der Waals surface area (Å²) < 4.78 is 56.3. The lowest BCUT2D eigenvalue weighted by molar-refractivity contribution is 0.0681. The monoisotopic (exact) mass is 478 g/mol. The molecule has 0 spiro atoms. The van der Waals surface area contributed by atoms with Crippen molar-refractivity contribution >= 4 is 25.8 Å². The van der Waals surface area contributed by atoms with Crippen LogP contribution in [-0.2, 0) is 31.1 Å². The van der Waals surface area contributed by atoms with Crippen molar-refractivity contribution in [2.24, 2.45) is 0 Å². The first-order valence-corrected chi connectivity index (χ1v) is 13.8. The molecule has 0 radical (unpaired) electrons. The zero-order valence-corrected chi connectivity index (χ0v) is 19.2.